The zero-order valence-electron chi connectivity index (χ0n) is 11.3. The van der Waals surface area contributed by atoms with Crippen molar-refractivity contribution in [2.75, 3.05) is 13.2 Å². The van der Waals surface area contributed by atoms with E-state index in [1.54, 1.807) is 11.3 Å². The Balaban J connectivity index is 1.85. The number of hydrogen-bond donors (Lipinski definition) is 1. The van der Waals surface area contributed by atoms with Crippen molar-refractivity contribution in [1.82, 2.24) is 15.3 Å². The van der Waals surface area contributed by atoms with E-state index in [9.17, 15) is 0 Å². The minimum Gasteiger partial charge on any atom is -0.463 e. The van der Waals surface area contributed by atoms with Crippen LogP contribution in [-0.4, -0.2) is 23.1 Å². The van der Waals surface area contributed by atoms with Crippen LogP contribution in [0.2, 0.25) is 0 Å². The number of aryl methyl sites for hydroxylation is 1. The predicted octanol–water partition coefficient (Wildman–Crippen LogP) is 2.58. The molecule has 2 rings (SSSR count). The molecule has 0 saturated carbocycles. The summed E-state index contributed by atoms with van der Waals surface area (Å²) in [6.45, 7) is 6.43. The third-order valence-corrected chi connectivity index (χ3v) is 3.72. The van der Waals surface area contributed by atoms with Crippen LogP contribution in [0.1, 0.15) is 23.1 Å². The molecule has 0 bridgehead atoms. The van der Waals surface area contributed by atoms with Crippen molar-refractivity contribution in [1.29, 1.82) is 0 Å². The summed E-state index contributed by atoms with van der Waals surface area (Å²) in [7, 11) is 0. The van der Waals surface area contributed by atoms with Crippen LogP contribution in [-0.2, 0) is 13.0 Å². The molecule has 19 heavy (non-hydrogen) atoms. The number of aromatic nitrogens is 2. The van der Waals surface area contributed by atoms with Gasteiger partial charge >= 0.3 is 6.01 Å². The van der Waals surface area contributed by atoms with Crippen LogP contribution < -0.4 is 10.1 Å². The highest BCUT2D eigenvalue weighted by molar-refractivity contribution is 7.09. The summed E-state index contributed by atoms with van der Waals surface area (Å²) >= 11 is 1.74. The van der Waals surface area contributed by atoms with Crippen LogP contribution in [0.5, 0.6) is 6.01 Å². The molecule has 0 aliphatic rings. The van der Waals surface area contributed by atoms with Crippen molar-refractivity contribution >= 4 is 11.3 Å². The standard InChI is InChI=1S/C14H19N3OS/c1-3-15-9-12-10-16-14(17-11(12)2)18-7-6-13-5-4-8-19-13/h4-5,8,10,15H,3,6-7,9H2,1-2H3. The normalized spacial score (nSPS) is 10.6. The largest absolute Gasteiger partial charge is 0.463 e. The van der Waals surface area contributed by atoms with Gasteiger partial charge in [0, 0.05) is 35.3 Å². The molecule has 5 heteroatoms. The Hall–Kier alpha value is -1.46. The molecule has 0 aromatic carbocycles. The first-order chi connectivity index (χ1) is 9.29. The van der Waals surface area contributed by atoms with Gasteiger partial charge in [0.1, 0.15) is 0 Å². The van der Waals surface area contributed by atoms with E-state index in [2.05, 4.69) is 39.7 Å². The van der Waals surface area contributed by atoms with E-state index in [4.69, 9.17) is 4.74 Å². The highest BCUT2D eigenvalue weighted by Gasteiger charge is 2.04. The van der Waals surface area contributed by atoms with Crippen LogP contribution in [0.3, 0.4) is 0 Å². The van der Waals surface area contributed by atoms with Crippen molar-refractivity contribution in [3.8, 4) is 6.01 Å². The molecule has 0 spiro atoms. The molecule has 0 aliphatic heterocycles. The monoisotopic (exact) mass is 277 g/mol. The molecule has 2 heterocycles. The van der Waals surface area contributed by atoms with Gasteiger partial charge in [0.15, 0.2) is 0 Å². The Morgan fingerprint density at radius 3 is 3.00 bits per heavy atom. The summed E-state index contributed by atoms with van der Waals surface area (Å²) in [6, 6.07) is 4.63. The van der Waals surface area contributed by atoms with Gasteiger partial charge in [-0.05, 0) is 24.9 Å². The fraction of sp³-hybridized carbons (Fsp3) is 0.429. The van der Waals surface area contributed by atoms with E-state index in [1.807, 2.05) is 13.1 Å². The molecule has 4 nitrogen and oxygen atoms in total. The van der Waals surface area contributed by atoms with E-state index in [0.717, 1.165) is 30.8 Å². The van der Waals surface area contributed by atoms with Gasteiger partial charge in [0.25, 0.3) is 0 Å². The molecule has 1 N–H and O–H groups in total. The second kappa shape index (κ2) is 7.21. The van der Waals surface area contributed by atoms with Crippen molar-refractivity contribution in [3.63, 3.8) is 0 Å². The topological polar surface area (TPSA) is 47.0 Å². The first kappa shape index (κ1) is 14.0. The Labute approximate surface area is 117 Å². The maximum atomic E-state index is 5.58. The molecule has 0 aliphatic carbocycles. The number of nitrogens with zero attached hydrogens (tertiary/aromatic N) is 2. The van der Waals surface area contributed by atoms with Gasteiger partial charge in [0.05, 0.1) is 6.61 Å². The number of hydrogen-bond acceptors (Lipinski definition) is 5. The molecule has 0 amide bonds. The van der Waals surface area contributed by atoms with Crippen LogP contribution in [0.25, 0.3) is 0 Å². The zero-order valence-corrected chi connectivity index (χ0v) is 12.2. The SMILES string of the molecule is CCNCc1cnc(OCCc2cccs2)nc1C. The highest BCUT2D eigenvalue weighted by atomic mass is 32.1. The lowest BCUT2D eigenvalue weighted by Crippen LogP contribution is -2.14. The van der Waals surface area contributed by atoms with Crippen molar-refractivity contribution in [2.24, 2.45) is 0 Å². The quantitative estimate of drug-likeness (QED) is 0.845. The lowest BCUT2D eigenvalue weighted by Gasteiger charge is -2.08. The third kappa shape index (κ3) is 4.29. The third-order valence-electron chi connectivity index (χ3n) is 2.78. The summed E-state index contributed by atoms with van der Waals surface area (Å²) < 4.78 is 5.58. The minimum atomic E-state index is 0.467. The van der Waals surface area contributed by atoms with E-state index >= 15 is 0 Å². The molecule has 0 radical (unpaired) electrons. The highest BCUT2D eigenvalue weighted by Crippen LogP contribution is 2.11. The smallest absolute Gasteiger partial charge is 0.316 e. The average Bonchev–Trinajstić information content (AvgIpc) is 2.91. The van der Waals surface area contributed by atoms with Crippen LogP contribution in [0.15, 0.2) is 23.7 Å². The van der Waals surface area contributed by atoms with Gasteiger partial charge in [0.2, 0.25) is 0 Å². The summed E-state index contributed by atoms with van der Waals surface area (Å²) in [4.78, 5) is 9.94. The minimum absolute atomic E-state index is 0.467. The summed E-state index contributed by atoms with van der Waals surface area (Å²) in [6.07, 6.45) is 2.74. The predicted molar refractivity (Wildman–Crippen MR) is 77.7 cm³/mol. The first-order valence-electron chi connectivity index (χ1n) is 6.48. The van der Waals surface area contributed by atoms with E-state index in [-0.39, 0.29) is 0 Å². The maximum absolute atomic E-state index is 5.58. The van der Waals surface area contributed by atoms with Gasteiger partial charge in [-0.25, -0.2) is 9.97 Å². The number of nitrogens with one attached hydrogen (secondary N) is 1. The Kier molecular flexibility index (Phi) is 5.30. The molecule has 102 valence electrons. The maximum Gasteiger partial charge on any atom is 0.316 e. The van der Waals surface area contributed by atoms with Gasteiger partial charge in [-0.2, -0.15) is 0 Å². The summed E-state index contributed by atoms with van der Waals surface area (Å²) in [5.74, 6) is 0. The molecular weight excluding hydrogens is 258 g/mol. The summed E-state index contributed by atoms with van der Waals surface area (Å²) in [5.41, 5.74) is 2.09. The van der Waals surface area contributed by atoms with Gasteiger partial charge in [-0.15, -0.1) is 11.3 Å². The Bertz CT molecular complexity index is 499. The van der Waals surface area contributed by atoms with Gasteiger partial charge in [-0.1, -0.05) is 13.0 Å². The fourth-order valence-electron chi connectivity index (χ4n) is 1.67. The lowest BCUT2D eigenvalue weighted by atomic mass is 10.2. The van der Waals surface area contributed by atoms with Crippen molar-refractivity contribution < 1.29 is 4.74 Å². The number of ether oxygens (including phenoxy) is 1. The molecule has 0 saturated heterocycles. The van der Waals surface area contributed by atoms with Crippen LogP contribution >= 0.6 is 11.3 Å². The molecule has 2 aromatic rings. The van der Waals surface area contributed by atoms with E-state index in [0.29, 0.717) is 12.6 Å². The number of rotatable bonds is 7. The molecular formula is C14H19N3OS. The fourth-order valence-corrected chi connectivity index (χ4v) is 2.36. The Morgan fingerprint density at radius 2 is 2.32 bits per heavy atom. The van der Waals surface area contributed by atoms with Gasteiger partial charge in [-0.3, -0.25) is 0 Å². The van der Waals surface area contributed by atoms with Gasteiger partial charge < -0.3 is 10.1 Å². The number of thiophene rings is 1. The average molecular weight is 277 g/mol. The van der Waals surface area contributed by atoms with Crippen molar-refractivity contribution in [2.45, 2.75) is 26.8 Å². The second-order valence-corrected chi connectivity index (χ2v) is 5.25. The molecule has 2 aromatic heterocycles. The van der Waals surface area contributed by atoms with Crippen LogP contribution in [0, 0.1) is 6.92 Å². The van der Waals surface area contributed by atoms with E-state index in [1.165, 1.54) is 4.88 Å². The van der Waals surface area contributed by atoms with E-state index < -0.39 is 0 Å². The first-order valence-corrected chi connectivity index (χ1v) is 7.36. The molecule has 0 fully saturated rings. The lowest BCUT2D eigenvalue weighted by molar-refractivity contribution is 0.296. The second-order valence-electron chi connectivity index (χ2n) is 4.22. The molecule has 0 atom stereocenters. The van der Waals surface area contributed by atoms with Crippen LogP contribution in [0.4, 0.5) is 0 Å². The van der Waals surface area contributed by atoms with Crippen molar-refractivity contribution in [3.05, 3.63) is 39.8 Å². The summed E-state index contributed by atoms with van der Waals surface area (Å²) in [5, 5.41) is 5.34. The molecule has 0 unspecified atom stereocenters. The Morgan fingerprint density at radius 1 is 1.42 bits per heavy atom. The zero-order chi connectivity index (χ0) is 13.5.